The first-order valence-electron chi connectivity index (χ1n) is 11.2. The van der Waals surface area contributed by atoms with Crippen molar-refractivity contribution in [2.75, 3.05) is 44.7 Å². The molecule has 3 aromatic heterocycles. The number of amides is 1. The number of fused-ring (bicyclic) bond motifs is 1. The first-order valence-corrected chi connectivity index (χ1v) is 12.1. The summed E-state index contributed by atoms with van der Waals surface area (Å²) in [5, 5.41) is 13.1. The van der Waals surface area contributed by atoms with Gasteiger partial charge in [0.05, 0.1) is 25.3 Å². The number of carbonyl (C=O) groups is 1. The zero-order valence-corrected chi connectivity index (χ0v) is 19.2. The van der Waals surface area contributed by atoms with E-state index >= 15 is 0 Å². The third kappa shape index (κ3) is 5.24. The summed E-state index contributed by atoms with van der Waals surface area (Å²) >= 11 is 1.63. The van der Waals surface area contributed by atoms with Gasteiger partial charge in [-0.05, 0) is 40.8 Å². The number of benzene rings is 1. The van der Waals surface area contributed by atoms with Crippen LogP contribution < -0.4 is 10.6 Å². The Morgan fingerprint density at radius 3 is 2.67 bits per heavy atom. The molecule has 1 saturated heterocycles. The highest BCUT2D eigenvalue weighted by Gasteiger charge is 2.15. The lowest BCUT2D eigenvalue weighted by Gasteiger charge is -2.26. The number of pyridine rings is 1. The predicted octanol–water partition coefficient (Wildman–Crippen LogP) is 3.74. The summed E-state index contributed by atoms with van der Waals surface area (Å²) in [6.07, 6.45) is 0. The molecule has 0 saturated carbocycles. The SMILES string of the molecule is O=C(NCc1cccs1)c1cc2cc(-c3ccccc3)cc(NCCN3CCOCC3)n2n1. The second-order valence-corrected chi connectivity index (χ2v) is 9.04. The average molecular weight is 462 g/mol. The molecule has 1 aliphatic rings. The van der Waals surface area contributed by atoms with Gasteiger partial charge in [-0.2, -0.15) is 5.10 Å². The summed E-state index contributed by atoms with van der Waals surface area (Å²) in [5.74, 6) is 0.699. The standard InChI is InChI=1S/C25H27N5O2S/c31-25(27-18-22-7-4-14-33-22)23-17-21-15-20(19-5-2-1-3-6-19)16-24(30(21)28-23)26-8-9-29-10-12-32-13-11-29/h1-7,14-17,26H,8-13,18H2,(H,27,31). The zero-order chi connectivity index (χ0) is 22.5. The van der Waals surface area contributed by atoms with Gasteiger partial charge in [-0.15, -0.1) is 11.3 Å². The fourth-order valence-electron chi connectivity index (χ4n) is 3.97. The summed E-state index contributed by atoms with van der Waals surface area (Å²) < 4.78 is 7.27. The summed E-state index contributed by atoms with van der Waals surface area (Å²) in [7, 11) is 0. The van der Waals surface area contributed by atoms with Gasteiger partial charge < -0.3 is 15.4 Å². The van der Waals surface area contributed by atoms with Gasteiger partial charge in [0.1, 0.15) is 5.82 Å². The number of hydrogen-bond donors (Lipinski definition) is 2. The lowest BCUT2D eigenvalue weighted by molar-refractivity contribution is 0.0398. The first kappa shape index (κ1) is 21.6. The molecule has 0 aliphatic carbocycles. The zero-order valence-electron chi connectivity index (χ0n) is 18.4. The van der Waals surface area contributed by atoms with E-state index in [-0.39, 0.29) is 5.91 Å². The van der Waals surface area contributed by atoms with E-state index in [2.05, 4.69) is 44.9 Å². The van der Waals surface area contributed by atoms with Crippen LogP contribution in [0.1, 0.15) is 15.4 Å². The molecule has 1 amide bonds. The van der Waals surface area contributed by atoms with E-state index in [9.17, 15) is 4.79 Å². The summed E-state index contributed by atoms with van der Waals surface area (Å²) in [4.78, 5) is 16.3. The number of hydrogen-bond acceptors (Lipinski definition) is 6. The molecule has 1 aromatic carbocycles. The normalized spacial score (nSPS) is 14.4. The van der Waals surface area contributed by atoms with Gasteiger partial charge in [0.15, 0.2) is 5.69 Å². The second kappa shape index (κ2) is 10.2. The fraction of sp³-hybridized carbons (Fsp3) is 0.280. The van der Waals surface area contributed by atoms with Crippen molar-refractivity contribution in [3.63, 3.8) is 0 Å². The Labute approximate surface area is 197 Å². The molecule has 7 nitrogen and oxygen atoms in total. The molecule has 0 bridgehead atoms. The topological polar surface area (TPSA) is 70.9 Å². The first-order chi connectivity index (χ1) is 16.3. The Kier molecular flexibility index (Phi) is 6.66. The minimum Gasteiger partial charge on any atom is -0.379 e. The lowest BCUT2D eigenvalue weighted by Crippen LogP contribution is -2.39. The third-order valence-electron chi connectivity index (χ3n) is 5.74. The minimum absolute atomic E-state index is 0.173. The van der Waals surface area contributed by atoms with E-state index in [1.54, 1.807) is 11.3 Å². The minimum atomic E-state index is -0.173. The lowest BCUT2D eigenvalue weighted by atomic mass is 10.1. The molecule has 170 valence electrons. The molecular formula is C25H27N5O2S. The van der Waals surface area contributed by atoms with Gasteiger partial charge in [-0.25, -0.2) is 4.52 Å². The van der Waals surface area contributed by atoms with Gasteiger partial charge in [0.2, 0.25) is 0 Å². The molecule has 0 atom stereocenters. The van der Waals surface area contributed by atoms with Crippen LogP contribution in [-0.2, 0) is 11.3 Å². The van der Waals surface area contributed by atoms with Crippen LogP contribution in [0.2, 0.25) is 0 Å². The van der Waals surface area contributed by atoms with Crippen LogP contribution in [0.15, 0.2) is 66.0 Å². The van der Waals surface area contributed by atoms with Crippen LogP contribution >= 0.6 is 11.3 Å². The number of ether oxygens (including phenoxy) is 1. The molecule has 0 unspecified atom stereocenters. The van der Waals surface area contributed by atoms with Crippen LogP contribution in [-0.4, -0.2) is 59.8 Å². The van der Waals surface area contributed by atoms with Gasteiger partial charge >= 0.3 is 0 Å². The van der Waals surface area contributed by atoms with Crippen molar-refractivity contribution in [3.05, 3.63) is 76.6 Å². The Balaban J connectivity index is 1.39. The predicted molar refractivity (Wildman–Crippen MR) is 132 cm³/mol. The summed E-state index contributed by atoms with van der Waals surface area (Å²) in [6.45, 7) is 5.70. The molecule has 4 aromatic rings. The summed E-state index contributed by atoms with van der Waals surface area (Å²) in [6, 6.07) is 20.3. The highest BCUT2D eigenvalue weighted by molar-refractivity contribution is 7.09. The van der Waals surface area contributed by atoms with E-state index in [0.29, 0.717) is 12.2 Å². The monoisotopic (exact) mass is 461 g/mol. The van der Waals surface area contributed by atoms with Crippen LogP contribution in [0.5, 0.6) is 0 Å². The van der Waals surface area contributed by atoms with Crippen molar-refractivity contribution >= 4 is 28.6 Å². The number of rotatable bonds is 8. The molecule has 4 heterocycles. The maximum atomic E-state index is 12.8. The van der Waals surface area contributed by atoms with Crippen LogP contribution in [0, 0.1) is 0 Å². The quantitative estimate of drug-likeness (QED) is 0.418. The maximum absolute atomic E-state index is 12.8. The van der Waals surface area contributed by atoms with Crippen LogP contribution in [0.25, 0.3) is 16.6 Å². The number of aromatic nitrogens is 2. The van der Waals surface area contributed by atoms with E-state index < -0.39 is 0 Å². The van der Waals surface area contributed by atoms with E-state index in [4.69, 9.17) is 4.74 Å². The number of carbonyl (C=O) groups excluding carboxylic acids is 1. The molecule has 0 radical (unpaired) electrons. The van der Waals surface area contributed by atoms with E-state index in [0.717, 1.165) is 66.7 Å². The number of morpholine rings is 1. The van der Waals surface area contributed by atoms with Crippen molar-refractivity contribution in [2.24, 2.45) is 0 Å². The molecule has 8 heteroatoms. The molecule has 0 spiro atoms. The van der Waals surface area contributed by atoms with Crippen LogP contribution in [0.3, 0.4) is 0 Å². The van der Waals surface area contributed by atoms with E-state index in [1.807, 2.05) is 46.3 Å². The third-order valence-corrected chi connectivity index (χ3v) is 6.62. The average Bonchev–Trinajstić information content (AvgIpc) is 3.54. The van der Waals surface area contributed by atoms with Gasteiger partial charge in [-0.1, -0.05) is 36.4 Å². The van der Waals surface area contributed by atoms with Gasteiger partial charge in [0, 0.05) is 31.1 Å². The van der Waals surface area contributed by atoms with Gasteiger partial charge in [0.25, 0.3) is 5.91 Å². The van der Waals surface area contributed by atoms with Crippen molar-refractivity contribution in [3.8, 4) is 11.1 Å². The summed E-state index contributed by atoms with van der Waals surface area (Å²) in [5.41, 5.74) is 3.50. The highest BCUT2D eigenvalue weighted by Crippen LogP contribution is 2.26. The highest BCUT2D eigenvalue weighted by atomic mass is 32.1. The smallest absolute Gasteiger partial charge is 0.272 e. The number of nitrogens with zero attached hydrogens (tertiary/aromatic N) is 3. The van der Waals surface area contributed by atoms with Crippen molar-refractivity contribution in [1.29, 1.82) is 0 Å². The Morgan fingerprint density at radius 1 is 1.03 bits per heavy atom. The molecular weight excluding hydrogens is 434 g/mol. The Bertz CT molecular complexity index is 1200. The number of anilines is 1. The fourth-order valence-corrected chi connectivity index (χ4v) is 4.62. The number of nitrogens with one attached hydrogen (secondary N) is 2. The van der Waals surface area contributed by atoms with Crippen molar-refractivity contribution in [2.45, 2.75) is 6.54 Å². The Morgan fingerprint density at radius 2 is 1.88 bits per heavy atom. The second-order valence-electron chi connectivity index (χ2n) is 8.00. The van der Waals surface area contributed by atoms with Crippen molar-refractivity contribution < 1.29 is 9.53 Å². The molecule has 33 heavy (non-hydrogen) atoms. The number of thiophene rings is 1. The van der Waals surface area contributed by atoms with Gasteiger partial charge in [-0.3, -0.25) is 9.69 Å². The van der Waals surface area contributed by atoms with E-state index in [1.165, 1.54) is 0 Å². The molecule has 5 rings (SSSR count). The molecule has 1 fully saturated rings. The molecule has 2 N–H and O–H groups in total. The van der Waals surface area contributed by atoms with Crippen LogP contribution in [0.4, 0.5) is 5.82 Å². The maximum Gasteiger partial charge on any atom is 0.272 e. The van der Waals surface area contributed by atoms with Crippen molar-refractivity contribution in [1.82, 2.24) is 19.8 Å². The Hall–Kier alpha value is -3.20. The largest absolute Gasteiger partial charge is 0.379 e. The molecule has 1 aliphatic heterocycles.